The highest BCUT2D eigenvalue weighted by atomic mass is 35.5. The van der Waals surface area contributed by atoms with E-state index in [0.29, 0.717) is 5.92 Å². The van der Waals surface area contributed by atoms with Crippen LogP contribution in [0.5, 0.6) is 0 Å². The van der Waals surface area contributed by atoms with E-state index in [1.807, 2.05) is 12.1 Å². The molecule has 0 fully saturated rings. The van der Waals surface area contributed by atoms with Crippen LogP contribution in [0.25, 0.3) is 5.57 Å². The van der Waals surface area contributed by atoms with Gasteiger partial charge in [0.05, 0.1) is 0 Å². The Morgan fingerprint density at radius 3 is 2.55 bits per heavy atom. The second kappa shape index (κ2) is 7.13. The third-order valence-corrected chi connectivity index (χ3v) is 6.22. The average molecular weight is 399 g/mol. The summed E-state index contributed by atoms with van der Waals surface area (Å²) in [7, 11) is 0. The number of allylic oxidation sites excluding steroid dienone is 3. The summed E-state index contributed by atoms with van der Waals surface area (Å²) in [5, 5.41) is 8.04. The standard InChI is InChI=1S/C26H23ClN2/c1-16-8-9-18(12-17(16)2)21-14-23-22-13-19(27)10-11-24(22)29-26(23)15-25(21)28-20-6-4-3-5-7-20/h3-13,15,23,28-29H,14H2,1-2H3. The van der Waals surface area contributed by atoms with Crippen molar-refractivity contribution in [1.29, 1.82) is 0 Å². The Bertz CT molecular complexity index is 1160. The fraction of sp³-hybridized carbons (Fsp3) is 0.154. The van der Waals surface area contributed by atoms with Crippen molar-refractivity contribution < 1.29 is 0 Å². The molecule has 1 atom stereocenters. The largest absolute Gasteiger partial charge is 0.358 e. The lowest BCUT2D eigenvalue weighted by atomic mass is 9.83. The van der Waals surface area contributed by atoms with E-state index in [0.717, 1.165) is 28.5 Å². The summed E-state index contributed by atoms with van der Waals surface area (Å²) < 4.78 is 0. The molecule has 144 valence electrons. The fourth-order valence-electron chi connectivity index (χ4n) is 4.25. The molecule has 2 nitrogen and oxygen atoms in total. The van der Waals surface area contributed by atoms with Crippen LogP contribution in [0.3, 0.4) is 0 Å². The van der Waals surface area contributed by atoms with Gasteiger partial charge in [0, 0.05) is 33.7 Å². The number of halogens is 1. The first-order chi connectivity index (χ1) is 14.1. The van der Waals surface area contributed by atoms with Gasteiger partial charge >= 0.3 is 0 Å². The molecule has 3 aromatic rings. The van der Waals surface area contributed by atoms with Crippen LogP contribution in [0.15, 0.2) is 84.2 Å². The summed E-state index contributed by atoms with van der Waals surface area (Å²) in [4.78, 5) is 0. The SMILES string of the molecule is Cc1ccc(C2=C(Nc3ccccc3)C=C3Nc4ccc(Cl)cc4C3C2)cc1C. The molecular formula is C26H23ClN2. The lowest BCUT2D eigenvalue weighted by molar-refractivity contribution is 0.842. The number of para-hydroxylation sites is 1. The predicted molar refractivity (Wildman–Crippen MR) is 123 cm³/mol. The minimum absolute atomic E-state index is 0.307. The average Bonchev–Trinajstić information content (AvgIpc) is 3.07. The first-order valence-electron chi connectivity index (χ1n) is 9.99. The molecule has 1 unspecified atom stereocenters. The van der Waals surface area contributed by atoms with Crippen molar-refractivity contribution in [1.82, 2.24) is 0 Å². The normalized spacial score (nSPS) is 17.3. The van der Waals surface area contributed by atoms with Crippen LogP contribution in [-0.2, 0) is 0 Å². The van der Waals surface area contributed by atoms with E-state index in [1.165, 1.54) is 33.5 Å². The highest BCUT2D eigenvalue weighted by molar-refractivity contribution is 6.30. The minimum Gasteiger partial charge on any atom is -0.358 e. The maximum atomic E-state index is 6.31. The molecular weight excluding hydrogens is 376 g/mol. The number of hydrogen-bond acceptors (Lipinski definition) is 2. The van der Waals surface area contributed by atoms with Gasteiger partial charge in [0.1, 0.15) is 0 Å². The van der Waals surface area contributed by atoms with Crippen LogP contribution in [0.1, 0.15) is 34.6 Å². The topological polar surface area (TPSA) is 24.1 Å². The van der Waals surface area contributed by atoms with Crippen molar-refractivity contribution in [3.05, 3.63) is 111 Å². The van der Waals surface area contributed by atoms with E-state index >= 15 is 0 Å². The van der Waals surface area contributed by atoms with E-state index in [1.54, 1.807) is 0 Å². The van der Waals surface area contributed by atoms with Gasteiger partial charge in [-0.25, -0.2) is 0 Å². The quantitative estimate of drug-likeness (QED) is 0.484. The van der Waals surface area contributed by atoms with Crippen LogP contribution < -0.4 is 10.6 Å². The Morgan fingerprint density at radius 2 is 1.76 bits per heavy atom. The van der Waals surface area contributed by atoms with Crippen molar-refractivity contribution in [2.75, 3.05) is 10.6 Å². The zero-order chi connectivity index (χ0) is 20.0. The lowest BCUT2D eigenvalue weighted by Crippen LogP contribution is -2.13. The third-order valence-electron chi connectivity index (χ3n) is 5.98. The summed E-state index contributed by atoms with van der Waals surface area (Å²) in [6.07, 6.45) is 3.20. The molecule has 1 aliphatic heterocycles. The van der Waals surface area contributed by atoms with E-state index in [9.17, 15) is 0 Å². The molecule has 0 aromatic heterocycles. The molecule has 0 bridgehead atoms. The molecule has 29 heavy (non-hydrogen) atoms. The van der Waals surface area contributed by atoms with E-state index in [2.05, 4.69) is 85.2 Å². The molecule has 2 N–H and O–H groups in total. The Morgan fingerprint density at radius 1 is 0.931 bits per heavy atom. The zero-order valence-corrected chi connectivity index (χ0v) is 17.3. The van der Waals surface area contributed by atoms with E-state index in [4.69, 9.17) is 11.6 Å². The number of aryl methyl sites for hydroxylation is 2. The third kappa shape index (κ3) is 3.34. The van der Waals surface area contributed by atoms with Gasteiger partial charge in [-0.3, -0.25) is 0 Å². The van der Waals surface area contributed by atoms with Crippen LogP contribution in [0, 0.1) is 13.8 Å². The van der Waals surface area contributed by atoms with Crippen molar-refractivity contribution in [2.45, 2.75) is 26.2 Å². The van der Waals surface area contributed by atoms with Crippen LogP contribution in [-0.4, -0.2) is 0 Å². The van der Waals surface area contributed by atoms with Crippen molar-refractivity contribution in [3.63, 3.8) is 0 Å². The molecule has 1 aliphatic carbocycles. The van der Waals surface area contributed by atoms with Gasteiger partial charge < -0.3 is 10.6 Å². The highest BCUT2D eigenvalue weighted by Gasteiger charge is 2.32. The second-order valence-corrected chi connectivity index (χ2v) is 8.33. The molecule has 0 saturated carbocycles. The Balaban J connectivity index is 1.61. The maximum Gasteiger partial charge on any atom is 0.0440 e. The lowest BCUT2D eigenvalue weighted by Gasteiger charge is -2.25. The number of fused-ring (bicyclic) bond motifs is 3. The number of nitrogens with one attached hydrogen (secondary N) is 2. The van der Waals surface area contributed by atoms with Crippen LogP contribution >= 0.6 is 11.6 Å². The summed E-state index contributed by atoms with van der Waals surface area (Å²) in [6, 6.07) is 23.3. The summed E-state index contributed by atoms with van der Waals surface area (Å²) in [5.74, 6) is 0.307. The molecule has 1 heterocycles. The molecule has 3 heteroatoms. The molecule has 0 saturated heterocycles. The number of hydrogen-bond donors (Lipinski definition) is 2. The first-order valence-corrected chi connectivity index (χ1v) is 10.4. The van der Waals surface area contributed by atoms with Gasteiger partial charge in [-0.05, 0) is 84.5 Å². The summed E-state index contributed by atoms with van der Waals surface area (Å²) in [5.41, 5.74) is 11.2. The Kier molecular flexibility index (Phi) is 4.44. The second-order valence-electron chi connectivity index (χ2n) is 7.90. The van der Waals surface area contributed by atoms with Gasteiger partial charge in [-0.2, -0.15) is 0 Å². The highest BCUT2D eigenvalue weighted by Crippen LogP contribution is 2.48. The van der Waals surface area contributed by atoms with Crippen LogP contribution in [0.2, 0.25) is 5.02 Å². The number of anilines is 2. The predicted octanol–water partition coefficient (Wildman–Crippen LogP) is 7.28. The Labute approximate surface area is 176 Å². The van der Waals surface area contributed by atoms with Crippen LogP contribution in [0.4, 0.5) is 11.4 Å². The molecule has 3 aromatic carbocycles. The van der Waals surface area contributed by atoms with Crippen molar-refractivity contribution >= 4 is 28.5 Å². The number of benzene rings is 3. The smallest absolute Gasteiger partial charge is 0.0440 e. The van der Waals surface area contributed by atoms with E-state index < -0.39 is 0 Å². The number of rotatable bonds is 3. The van der Waals surface area contributed by atoms with Gasteiger partial charge in [-0.15, -0.1) is 0 Å². The van der Waals surface area contributed by atoms with Crippen molar-refractivity contribution in [2.24, 2.45) is 0 Å². The Hall–Kier alpha value is -2.97. The first kappa shape index (κ1) is 18.1. The van der Waals surface area contributed by atoms with E-state index in [-0.39, 0.29) is 0 Å². The molecule has 0 radical (unpaired) electrons. The molecule has 0 amide bonds. The maximum absolute atomic E-state index is 6.31. The zero-order valence-electron chi connectivity index (χ0n) is 16.6. The van der Waals surface area contributed by atoms with Gasteiger partial charge in [0.25, 0.3) is 0 Å². The summed E-state index contributed by atoms with van der Waals surface area (Å²) >= 11 is 6.31. The fourth-order valence-corrected chi connectivity index (χ4v) is 4.43. The molecule has 0 spiro atoms. The van der Waals surface area contributed by atoms with Crippen molar-refractivity contribution in [3.8, 4) is 0 Å². The molecule has 2 aliphatic rings. The monoisotopic (exact) mass is 398 g/mol. The van der Waals surface area contributed by atoms with Gasteiger partial charge in [0.15, 0.2) is 0 Å². The summed E-state index contributed by atoms with van der Waals surface area (Å²) in [6.45, 7) is 4.34. The molecule has 5 rings (SSSR count). The minimum atomic E-state index is 0.307. The van der Waals surface area contributed by atoms with Gasteiger partial charge in [-0.1, -0.05) is 48.0 Å². The van der Waals surface area contributed by atoms with Gasteiger partial charge in [0.2, 0.25) is 0 Å².